The Morgan fingerprint density at radius 3 is 2.76 bits per heavy atom. The maximum Gasteiger partial charge on any atom is 0.265 e. The number of carbonyl (C=O) groups is 2. The standard InChI is InChI=1S/C18H25ClN2O3S/c19-15-7-11-25-17(15)18(23)21-8-5-13(6-9-21)3-4-16(22)20-12-14-2-1-10-24-14/h7,11,13-14H,1-6,8-10,12H2,(H,20,22)/t14-/m0/s1. The quantitative estimate of drug-likeness (QED) is 0.818. The lowest BCUT2D eigenvalue weighted by atomic mass is 9.92. The molecule has 2 aliphatic rings. The zero-order valence-corrected chi connectivity index (χ0v) is 15.9. The number of halogens is 1. The molecule has 5 nitrogen and oxygen atoms in total. The fourth-order valence-electron chi connectivity index (χ4n) is 3.47. The molecule has 0 spiro atoms. The van der Waals surface area contributed by atoms with Gasteiger partial charge in [-0.25, -0.2) is 0 Å². The van der Waals surface area contributed by atoms with Gasteiger partial charge in [-0.15, -0.1) is 11.3 Å². The van der Waals surface area contributed by atoms with E-state index in [2.05, 4.69) is 5.32 Å². The summed E-state index contributed by atoms with van der Waals surface area (Å²) < 4.78 is 5.51. The molecule has 2 amide bonds. The van der Waals surface area contributed by atoms with Crippen LogP contribution in [0.5, 0.6) is 0 Å². The summed E-state index contributed by atoms with van der Waals surface area (Å²) in [5, 5.41) is 5.36. The van der Waals surface area contributed by atoms with Gasteiger partial charge in [0, 0.05) is 32.7 Å². The van der Waals surface area contributed by atoms with Gasteiger partial charge in [0.25, 0.3) is 5.91 Å². The third-order valence-corrected chi connectivity index (χ3v) is 6.37. The smallest absolute Gasteiger partial charge is 0.265 e. The van der Waals surface area contributed by atoms with Crippen molar-refractivity contribution in [2.75, 3.05) is 26.2 Å². The fraction of sp³-hybridized carbons (Fsp3) is 0.667. The van der Waals surface area contributed by atoms with Gasteiger partial charge >= 0.3 is 0 Å². The number of nitrogens with zero attached hydrogens (tertiary/aromatic N) is 1. The van der Waals surface area contributed by atoms with Crippen molar-refractivity contribution in [3.05, 3.63) is 21.3 Å². The highest BCUT2D eigenvalue weighted by Gasteiger charge is 2.26. The van der Waals surface area contributed by atoms with Crippen LogP contribution in [0.15, 0.2) is 11.4 Å². The van der Waals surface area contributed by atoms with Crippen molar-refractivity contribution >= 4 is 34.8 Å². The van der Waals surface area contributed by atoms with Crippen molar-refractivity contribution in [1.29, 1.82) is 0 Å². The van der Waals surface area contributed by atoms with Crippen LogP contribution >= 0.6 is 22.9 Å². The lowest BCUT2D eigenvalue weighted by Gasteiger charge is -2.31. The first-order chi connectivity index (χ1) is 12.1. The molecule has 1 atom stereocenters. The Morgan fingerprint density at radius 2 is 2.12 bits per heavy atom. The number of hydrogen-bond acceptors (Lipinski definition) is 4. The molecule has 3 rings (SSSR count). The lowest BCUT2D eigenvalue weighted by molar-refractivity contribution is -0.122. The number of carbonyl (C=O) groups excluding carboxylic acids is 2. The minimum absolute atomic E-state index is 0.0350. The average Bonchev–Trinajstić information content (AvgIpc) is 3.29. The molecule has 0 bridgehead atoms. The van der Waals surface area contributed by atoms with Crippen LogP contribution in [0.25, 0.3) is 0 Å². The van der Waals surface area contributed by atoms with Gasteiger partial charge in [-0.1, -0.05) is 11.6 Å². The van der Waals surface area contributed by atoms with E-state index >= 15 is 0 Å². The molecule has 1 aromatic rings. The first kappa shape index (κ1) is 18.7. The Hall–Kier alpha value is -1.11. The molecule has 7 heteroatoms. The summed E-state index contributed by atoms with van der Waals surface area (Å²) in [6.07, 6.45) is 5.68. The molecule has 2 saturated heterocycles. The summed E-state index contributed by atoms with van der Waals surface area (Å²) in [7, 11) is 0. The van der Waals surface area contributed by atoms with Crippen LogP contribution in [-0.4, -0.2) is 49.1 Å². The summed E-state index contributed by atoms with van der Waals surface area (Å²) in [4.78, 5) is 26.9. The second kappa shape index (κ2) is 9.01. The Morgan fingerprint density at radius 1 is 1.32 bits per heavy atom. The van der Waals surface area contributed by atoms with E-state index in [-0.39, 0.29) is 17.9 Å². The van der Waals surface area contributed by atoms with Gasteiger partial charge < -0.3 is 15.0 Å². The van der Waals surface area contributed by atoms with E-state index in [4.69, 9.17) is 16.3 Å². The predicted molar refractivity (Wildman–Crippen MR) is 99.2 cm³/mol. The third-order valence-electron chi connectivity index (χ3n) is 5.04. The first-order valence-electron chi connectivity index (χ1n) is 9.04. The zero-order chi connectivity index (χ0) is 17.6. The number of nitrogens with one attached hydrogen (secondary N) is 1. The molecule has 0 saturated carbocycles. The van der Waals surface area contributed by atoms with Crippen molar-refractivity contribution in [2.45, 2.75) is 44.6 Å². The molecule has 0 unspecified atom stereocenters. The number of hydrogen-bond donors (Lipinski definition) is 1. The van der Waals surface area contributed by atoms with Gasteiger partial charge in [-0.05, 0) is 49.5 Å². The van der Waals surface area contributed by atoms with Crippen molar-refractivity contribution < 1.29 is 14.3 Å². The highest BCUT2D eigenvalue weighted by Crippen LogP contribution is 2.27. The Balaban J connectivity index is 1.34. The number of likely N-dealkylation sites (tertiary alicyclic amines) is 1. The van der Waals surface area contributed by atoms with Gasteiger partial charge in [-0.3, -0.25) is 9.59 Å². The molecule has 3 heterocycles. The average molecular weight is 385 g/mol. The van der Waals surface area contributed by atoms with Crippen LogP contribution < -0.4 is 5.32 Å². The molecule has 2 fully saturated rings. The van der Waals surface area contributed by atoms with Gasteiger partial charge in [-0.2, -0.15) is 0 Å². The van der Waals surface area contributed by atoms with E-state index in [1.807, 2.05) is 10.3 Å². The number of ether oxygens (including phenoxy) is 1. The van der Waals surface area contributed by atoms with Gasteiger partial charge in [0.15, 0.2) is 0 Å². The van der Waals surface area contributed by atoms with E-state index in [0.717, 1.165) is 51.8 Å². The second-order valence-corrected chi connectivity index (χ2v) is 8.13. The van der Waals surface area contributed by atoms with E-state index in [0.29, 0.717) is 28.8 Å². The van der Waals surface area contributed by atoms with Gasteiger partial charge in [0.2, 0.25) is 5.91 Å². The highest BCUT2D eigenvalue weighted by molar-refractivity contribution is 7.12. The van der Waals surface area contributed by atoms with Crippen LogP contribution in [0.1, 0.15) is 48.2 Å². The van der Waals surface area contributed by atoms with E-state index in [1.165, 1.54) is 11.3 Å². The molecule has 0 radical (unpaired) electrons. The van der Waals surface area contributed by atoms with Crippen molar-refractivity contribution in [3.8, 4) is 0 Å². The Labute approximate surface area is 157 Å². The maximum atomic E-state index is 12.4. The van der Waals surface area contributed by atoms with E-state index < -0.39 is 0 Å². The molecule has 25 heavy (non-hydrogen) atoms. The van der Waals surface area contributed by atoms with Crippen LogP contribution in [0, 0.1) is 5.92 Å². The summed E-state index contributed by atoms with van der Waals surface area (Å²) >= 11 is 7.45. The molecule has 2 aliphatic heterocycles. The van der Waals surface area contributed by atoms with E-state index in [1.54, 1.807) is 6.07 Å². The van der Waals surface area contributed by atoms with Crippen LogP contribution in [0.2, 0.25) is 5.02 Å². The molecule has 1 N–H and O–H groups in total. The third kappa shape index (κ3) is 5.19. The van der Waals surface area contributed by atoms with Crippen molar-refractivity contribution in [3.63, 3.8) is 0 Å². The summed E-state index contributed by atoms with van der Waals surface area (Å²) in [6.45, 7) is 2.94. The summed E-state index contributed by atoms with van der Waals surface area (Å²) in [5.74, 6) is 0.656. The highest BCUT2D eigenvalue weighted by atomic mass is 35.5. The van der Waals surface area contributed by atoms with Crippen LogP contribution in [-0.2, 0) is 9.53 Å². The van der Waals surface area contributed by atoms with Crippen LogP contribution in [0.4, 0.5) is 0 Å². The monoisotopic (exact) mass is 384 g/mol. The normalized spacial score (nSPS) is 21.5. The number of amides is 2. The van der Waals surface area contributed by atoms with Crippen molar-refractivity contribution in [1.82, 2.24) is 10.2 Å². The van der Waals surface area contributed by atoms with Gasteiger partial charge in [0.05, 0.1) is 11.1 Å². The zero-order valence-electron chi connectivity index (χ0n) is 14.3. The lowest BCUT2D eigenvalue weighted by Crippen LogP contribution is -2.38. The molecule has 0 aliphatic carbocycles. The number of thiophene rings is 1. The number of rotatable bonds is 6. The van der Waals surface area contributed by atoms with E-state index in [9.17, 15) is 9.59 Å². The number of piperidine rings is 1. The largest absolute Gasteiger partial charge is 0.376 e. The molecule has 1 aromatic heterocycles. The van der Waals surface area contributed by atoms with Crippen LogP contribution in [0.3, 0.4) is 0 Å². The topological polar surface area (TPSA) is 58.6 Å². The summed E-state index contributed by atoms with van der Waals surface area (Å²) in [5.41, 5.74) is 0. The summed E-state index contributed by atoms with van der Waals surface area (Å²) in [6, 6.07) is 1.77. The molecular formula is C18H25ClN2O3S. The minimum Gasteiger partial charge on any atom is -0.376 e. The second-order valence-electron chi connectivity index (χ2n) is 6.81. The minimum atomic E-state index is 0.0350. The van der Waals surface area contributed by atoms with Crippen molar-refractivity contribution in [2.24, 2.45) is 5.92 Å². The van der Waals surface area contributed by atoms with Gasteiger partial charge in [0.1, 0.15) is 4.88 Å². The Bertz CT molecular complexity index is 593. The predicted octanol–water partition coefficient (Wildman–Crippen LogP) is 3.33. The molecule has 138 valence electrons. The SMILES string of the molecule is O=C(CCC1CCN(C(=O)c2sccc2Cl)CC1)NC[C@@H]1CCCO1. The molecular weight excluding hydrogens is 360 g/mol. The Kier molecular flexibility index (Phi) is 6.73. The maximum absolute atomic E-state index is 12.4. The fourth-order valence-corrected chi connectivity index (χ4v) is 4.57. The molecule has 0 aromatic carbocycles. The first-order valence-corrected chi connectivity index (χ1v) is 10.3.